The Balaban J connectivity index is 2.12. The zero-order valence-electron chi connectivity index (χ0n) is 10.0. The van der Waals surface area contributed by atoms with Gasteiger partial charge < -0.3 is 10.3 Å². The number of aryl methyl sites for hydroxylation is 1. The van der Waals surface area contributed by atoms with Crippen molar-refractivity contribution in [3.63, 3.8) is 0 Å². The molecule has 0 atom stereocenters. The standard InChI is InChI=1S/C12H10ClFN4S/c1-6-4-16-11(19-6)5-18-10-2-7(13)8(14)3-9(10)17-12(18)15/h2-4H,5H2,1H3,(H2,15,17). The number of rotatable bonds is 2. The molecule has 4 nitrogen and oxygen atoms in total. The fourth-order valence-corrected chi connectivity index (χ4v) is 2.85. The summed E-state index contributed by atoms with van der Waals surface area (Å²) in [5.74, 6) is -0.173. The second kappa shape index (κ2) is 4.47. The summed E-state index contributed by atoms with van der Waals surface area (Å²) in [4.78, 5) is 9.55. The first-order valence-electron chi connectivity index (χ1n) is 5.56. The number of hydrogen-bond donors (Lipinski definition) is 1. The van der Waals surface area contributed by atoms with Crippen molar-refractivity contribution in [2.45, 2.75) is 13.5 Å². The van der Waals surface area contributed by atoms with Gasteiger partial charge in [-0.15, -0.1) is 11.3 Å². The molecular formula is C12H10ClFN4S. The van der Waals surface area contributed by atoms with E-state index in [2.05, 4.69) is 9.97 Å². The number of aromatic nitrogens is 3. The number of benzene rings is 1. The lowest BCUT2D eigenvalue weighted by Gasteiger charge is -2.04. The number of anilines is 1. The lowest BCUT2D eigenvalue weighted by atomic mass is 10.3. The van der Waals surface area contributed by atoms with Gasteiger partial charge in [-0.1, -0.05) is 11.6 Å². The summed E-state index contributed by atoms with van der Waals surface area (Å²) >= 11 is 7.39. The van der Waals surface area contributed by atoms with Crippen LogP contribution in [0, 0.1) is 12.7 Å². The van der Waals surface area contributed by atoms with Crippen molar-refractivity contribution in [3.8, 4) is 0 Å². The molecule has 3 aromatic rings. The predicted molar refractivity (Wildman–Crippen MR) is 75.1 cm³/mol. The van der Waals surface area contributed by atoms with Gasteiger partial charge in [0, 0.05) is 17.1 Å². The lowest BCUT2D eigenvalue weighted by Crippen LogP contribution is -2.04. The average Bonchev–Trinajstić information content (AvgIpc) is 2.87. The van der Waals surface area contributed by atoms with Crippen LogP contribution in [0.25, 0.3) is 11.0 Å². The molecule has 0 aliphatic rings. The third-order valence-corrected chi connectivity index (χ3v) is 3.97. The molecule has 0 saturated heterocycles. The largest absolute Gasteiger partial charge is 0.369 e. The van der Waals surface area contributed by atoms with Crippen molar-refractivity contribution < 1.29 is 4.39 Å². The Morgan fingerprint density at radius 2 is 2.26 bits per heavy atom. The van der Waals surface area contributed by atoms with Crippen LogP contribution >= 0.6 is 22.9 Å². The van der Waals surface area contributed by atoms with Gasteiger partial charge in [0.15, 0.2) is 0 Å². The number of fused-ring (bicyclic) bond motifs is 1. The zero-order valence-corrected chi connectivity index (χ0v) is 11.6. The summed E-state index contributed by atoms with van der Waals surface area (Å²) in [6, 6.07) is 2.83. The van der Waals surface area contributed by atoms with Crippen LogP contribution in [-0.2, 0) is 6.54 Å². The minimum Gasteiger partial charge on any atom is -0.369 e. The van der Waals surface area contributed by atoms with E-state index in [1.807, 2.05) is 13.1 Å². The van der Waals surface area contributed by atoms with Crippen LogP contribution in [0.4, 0.5) is 10.3 Å². The van der Waals surface area contributed by atoms with Crippen molar-refractivity contribution in [1.82, 2.24) is 14.5 Å². The molecule has 98 valence electrons. The zero-order chi connectivity index (χ0) is 13.6. The Morgan fingerprint density at radius 1 is 1.47 bits per heavy atom. The van der Waals surface area contributed by atoms with Gasteiger partial charge in [-0.25, -0.2) is 14.4 Å². The molecule has 0 aliphatic carbocycles. The van der Waals surface area contributed by atoms with Crippen LogP contribution in [0.15, 0.2) is 18.3 Å². The molecule has 3 rings (SSSR count). The van der Waals surface area contributed by atoms with Gasteiger partial charge in [-0.3, -0.25) is 0 Å². The smallest absolute Gasteiger partial charge is 0.201 e. The highest BCUT2D eigenvalue weighted by Crippen LogP contribution is 2.26. The summed E-state index contributed by atoms with van der Waals surface area (Å²) < 4.78 is 15.2. The molecule has 0 unspecified atom stereocenters. The molecule has 0 radical (unpaired) electrons. The molecular weight excluding hydrogens is 287 g/mol. The molecule has 0 fully saturated rings. The van der Waals surface area contributed by atoms with Crippen LogP contribution in [0.1, 0.15) is 9.88 Å². The van der Waals surface area contributed by atoms with Crippen molar-refractivity contribution in [3.05, 3.63) is 39.1 Å². The summed E-state index contributed by atoms with van der Waals surface area (Å²) in [6.45, 7) is 2.49. The highest BCUT2D eigenvalue weighted by Gasteiger charge is 2.13. The van der Waals surface area contributed by atoms with Crippen LogP contribution in [0.5, 0.6) is 0 Å². The first-order chi connectivity index (χ1) is 9.04. The molecule has 0 bridgehead atoms. The quantitative estimate of drug-likeness (QED) is 0.790. The topological polar surface area (TPSA) is 56.7 Å². The molecule has 0 aliphatic heterocycles. The molecule has 0 saturated carbocycles. The third-order valence-electron chi connectivity index (χ3n) is 2.78. The van der Waals surface area contributed by atoms with Gasteiger partial charge >= 0.3 is 0 Å². The fraction of sp³-hybridized carbons (Fsp3) is 0.167. The minimum absolute atomic E-state index is 0.0592. The molecule has 2 heterocycles. The second-order valence-corrected chi connectivity index (χ2v) is 5.90. The van der Waals surface area contributed by atoms with E-state index in [1.165, 1.54) is 12.1 Å². The normalized spacial score (nSPS) is 11.3. The van der Waals surface area contributed by atoms with Crippen molar-refractivity contribution in [2.75, 3.05) is 5.73 Å². The van der Waals surface area contributed by atoms with E-state index in [4.69, 9.17) is 17.3 Å². The number of nitrogens with zero attached hydrogens (tertiary/aromatic N) is 3. The molecule has 2 aromatic heterocycles. The monoisotopic (exact) mass is 296 g/mol. The van der Waals surface area contributed by atoms with E-state index in [0.29, 0.717) is 23.5 Å². The molecule has 1 aromatic carbocycles. The maximum absolute atomic E-state index is 13.4. The minimum atomic E-state index is -0.496. The van der Waals surface area contributed by atoms with Gasteiger partial charge in [-0.05, 0) is 13.0 Å². The van der Waals surface area contributed by atoms with Gasteiger partial charge in [-0.2, -0.15) is 0 Å². The Kier molecular flexibility index (Phi) is 2.91. The van der Waals surface area contributed by atoms with E-state index in [1.54, 1.807) is 15.9 Å². The van der Waals surface area contributed by atoms with Crippen LogP contribution in [0.3, 0.4) is 0 Å². The highest BCUT2D eigenvalue weighted by molar-refractivity contribution is 7.11. The Labute approximate surface area is 117 Å². The molecule has 19 heavy (non-hydrogen) atoms. The molecule has 7 heteroatoms. The van der Waals surface area contributed by atoms with E-state index in [9.17, 15) is 4.39 Å². The number of nitrogens with two attached hydrogens (primary N) is 1. The van der Waals surface area contributed by atoms with Crippen LogP contribution in [0.2, 0.25) is 5.02 Å². The van der Waals surface area contributed by atoms with Crippen molar-refractivity contribution in [1.29, 1.82) is 0 Å². The van der Waals surface area contributed by atoms with E-state index >= 15 is 0 Å². The van der Waals surface area contributed by atoms with Gasteiger partial charge in [0.1, 0.15) is 10.8 Å². The lowest BCUT2D eigenvalue weighted by molar-refractivity contribution is 0.629. The first-order valence-corrected chi connectivity index (χ1v) is 6.76. The predicted octanol–water partition coefficient (Wildman–Crippen LogP) is 3.22. The number of hydrogen-bond acceptors (Lipinski definition) is 4. The van der Waals surface area contributed by atoms with Gasteiger partial charge in [0.25, 0.3) is 0 Å². The van der Waals surface area contributed by atoms with Crippen LogP contribution < -0.4 is 5.73 Å². The van der Waals surface area contributed by atoms with E-state index in [0.717, 1.165) is 9.88 Å². The molecule has 0 amide bonds. The Bertz CT molecular complexity index is 765. The van der Waals surface area contributed by atoms with E-state index < -0.39 is 5.82 Å². The first kappa shape index (κ1) is 12.4. The fourth-order valence-electron chi connectivity index (χ4n) is 1.91. The second-order valence-electron chi connectivity index (χ2n) is 4.18. The summed E-state index contributed by atoms with van der Waals surface area (Å²) in [5, 5.41) is 0.980. The number of halogens is 2. The Hall–Kier alpha value is -1.66. The third kappa shape index (κ3) is 2.17. The van der Waals surface area contributed by atoms with E-state index in [-0.39, 0.29) is 5.02 Å². The van der Waals surface area contributed by atoms with Gasteiger partial charge in [0.05, 0.1) is 22.6 Å². The summed E-state index contributed by atoms with van der Waals surface area (Å²) in [5.41, 5.74) is 7.07. The van der Waals surface area contributed by atoms with Crippen molar-refractivity contribution in [2.24, 2.45) is 0 Å². The number of imidazole rings is 1. The summed E-state index contributed by atoms with van der Waals surface area (Å²) in [7, 11) is 0. The van der Waals surface area contributed by atoms with Crippen LogP contribution in [-0.4, -0.2) is 14.5 Å². The maximum Gasteiger partial charge on any atom is 0.201 e. The number of thiazole rings is 1. The molecule has 0 spiro atoms. The average molecular weight is 297 g/mol. The van der Waals surface area contributed by atoms with Crippen molar-refractivity contribution >= 4 is 39.9 Å². The van der Waals surface area contributed by atoms with Gasteiger partial charge in [0.2, 0.25) is 5.95 Å². The SMILES string of the molecule is Cc1cnc(Cn2c(N)nc3cc(F)c(Cl)cc32)s1. The Morgan fingerprint density at radius 3 is 2.95 bits per heavy atom. The maximum atomic E-state index is 13.4. The number of nitrogen functional groups attached to an aromatic ring is 1. The summed E-state index contributed by atoms with van der Waals surface area (Å²) in [6.07, 6.45) is 1.81. The molecule has 2 N–H and O–H groups in total. The highest BCUT2D eigenvalue weighted by atomic mass is 35.5.